The van der Waals surface area contributed by atoms with Crippen molar-refractivity contribution in [3.05, 3.63) is 183 Å². The van der Waals surface area contributed by atoms with Crippen molar-refractivity contribution in [3.63, 3.8) is 0 Å². The normalized spacial score (nSPS) is 31.3. The van der Waals surface area contributed by atoms with Crippen LogP contribution >= 0.6 is 0 Å². The standard InChI is InChI=1S/C44H34N2/c45-25-27-12-16-29(17-13-27)33-20-21-34(30-18-14-28(26-46)15-19-30)44-40-23-22-37(38-10-5-11-39(42(38)40)43(33)44)41-24-31-6-1-2-7-32(31)35-8-3-4-9-36(35)41/h2-5,7-14,16-18,20-24,35-36,38,42-44H,1,6,15,19H2. The molecule has 0 aromatic heterocycles. The second-order valence-corrected chi connectivity index (χ2v) is 13.6. The van der Waals surface area contributed by atoms with E-state index in [1.54, 1.807) is 0 Å². The first-order valence-electron chi connectivity index (χ1n) is 16.7. The number of nitriles is 2. The van der Waals surface area contributed by atoms with Crippen LogP contribution in [-0.2, 0) is 0 Å². The SMILES string of the molecule is N#CC1=CC=C(C2=CC=C(c3ccc(C#N)cc3)C3C4=CC=CC5C(C6=CC7=C(C=CCC7)C7C=CC=CC67)=CC=C(C45)C23)CC1. The maximum atomic E-state index is 9.52. The van der Waals surface area contributed by atoms with Crippen LogP contribution in [0.4, 0.5) is 0 Å². The van der Waals surface area contributed by atoms with Gasteiger partial charge in [0.25, 0.3) is 0 Å². The molecule has 0 radical (unpaired) electrons. The quantitative estimate of drug-likeness (QED) is 0.352. The first-order chi connectivity index (χ1) is 22.7. The van der Waals surface area contributed by atoms with E-state index in [-0.39, 0.29) is 11.8 Å². The molecule has 0 amide bonds. The van der Waals surface area contributed by atoms with Gasteiger partial charge in [-0.15, -0.1) is 0 Å². The van der Waals surface area contributed by atoms with Crippen molar-refractivity contribution in [2.75, 3.05) is 0 Å². The monoisotopic (exact) mass is 590 g/mol. The van der Waals surface area contributed by atoms with Crippen LogP contribution in [0, 0.1) is 58.2 Å². The summed E-state index contributed by atoms with van der Waals surface area (Å²) in [7, 11) is 0. The molecular formula is C44H34N2. The van der Waals surface area contributed by atoms with E-state index in [2.05, 4.69) is 115 Å². The van der Waals surface area contributed by atoms with Gasteiger partial charge in [0.1, 0.15) is 0 Å². The summed E-state index contributed by atoms with van der Waals surface area (Å²) in [6.45, 7) is 0. The van der Waals surface area contributed by atoms with E-state index in [0.717, 1.165) is 31.3 Å². The molecule has 8 aliphatic carbocycles. The fraction of sp³-hybridized carbons (Fsp3) is 0.227. The van der Waals surface area contributed by atoms with E-state index in [1.165, 1.54) is 55.7 Å². The van der Waals surface area contributed by atoms with E-state index >= 15 is 0 Å². The molecule has 0 heterocycles. The lowest BCUT2D eigenvalue weighted by Gasteiger charge is -2.40. The summed E-state index contributed by atoms with van der Waals surface area (Å²) in [4.78, 5) is 0. The van der Waals surface area contributed by atoms with E-state index in [1.807, 2.05) is 18.2 Å². The summed E-state index contributed by atoms with van der Waals surface area (Å²) in [6, 6.07) is 12.8. The number of hydrogen-bond acceptors (Lipinski definition) is 2. The molecule has 6 unspecified atom stereocenters. The molecule has 6 atom stereocenters. The molecule has 0 bridgehead atoms. The van der Waals surface area contributed by atoms with Crippen molar-refractivity contribution in [1.82, 2.24) is 0 Å². The van der Waals surface area contributed by atoms with Crippen molar-refractivity contribution in [2.45, 2.75) is 25.7 Å². The highest BCUT2D eigenvalue weighted by atomic mass is 14.5. The summed E-state index contributed by atoms with van der Waals surface area (Å²) < 4.78 is 0. The van der Waals surface area contributed by atoms with Crippen molar-refractivity contribution < 1.29 is 0 Å². The number of nitrogens with zero attached hydrogens (tertiary/aromatic N) is 2. The van der Waals surface area contributed by atoms with Crippen LogP contribution in [0.15, 0.2) is 172 Å². The molecule has 1 saturated carbocycles. The summed E-state index contributed by atoms with van der Waals surface area (Å²) in [5.74, 6) is 1.86. The van der Waals surface area contributed by atoms with Crippen LogP contribution in [0.5, 0.6) is 0 Å². The zero-order valence-corrected chi connectivity index (χ0v) is 25.7. The van der Waals surface area contributed by atoms with Crippen molar-refractivity contribution >= 4 is 5.57 Å². The van der Waals surface area contributed by atoms with Gasteiger partial charge in [-0.25, -0.2) is 0 Å². The third-order valence-electron chi connectivity index (χ3n) is 11.4. The van der Waals surface area contributed by atoms with Gasteiger partial charge in [0.2, 0.25) is 0 Å². The Balaban J connectivity index is 1.18. The first-order valence-corrected chi connectivity index (χ1v) is 16.7. The van der Waals surface area contributed by atoms with Crippen LogP contribution in [-0.4, -0.2) is 0 Å². The molecular weight excluding hydrogens is 556 g/mol. The Morgan fingerprint density at radius 2 is 1.35 bits per heavy atom. The van der Waals surface area contributed by atoms with Crippen LogP contribution in [0.1, 0.15) is 36.8 Å². The van der Waals surface area contributed by atoms with Gasteiger partial charge < -0.3 is 0 Å². The molecule has 2 nitrogen and oxygen atoms in total. The fourth-order valence-corrected chi connectivity index (χ4v) is 9.40. The second kappa shape index (κ2) is 10.7. The smallest absolute Gasteiger partial charge is 0.0991 e. The minimum atomic E-state index is 0.231. The van der Waals surface area contributed by atoms with Gasteiger partial charge >= 0.3 is 0 Å². The number of hydrogen-bond donors (Lipinski definition) is 0. The predicted octanol–water partition coefficient (Wildman–Crippen LogP) is 9.84. The van der Waals surface area contributed by atoms with E-state index in [4.69, 9.17) is 0 Å². The molecule has 0 saturated heterocycles. The van der Waals surface area contributed by atoms with E-state index in [0.29, 0.717) is 29.2 Å². The van der Waals surface area contributed by atoms with Gasteiger partial charge in [0, 0.05) is 41.1 Å². The topological polar surface area (TPSA) is 47.6 Å². The highest BCUT2D eigenvalue weighted by Gasteiger charge is 2.52. The highest BCUT2D eigenvalue weighted by Crippen LogP contribution is 2.63. The molecule has 9 rings (SSSR count). The average molecular weight is 591 g/mol. The minimum Gasteiger partial charge on any atom is -0.193 e. The van der Waals surface area contributed by atoms with Crippen LogP contribution < -0.4 is 0 Å². The van der Waals surface area contributed by atoms with Crippen molar-refractivity contribution in [2.24, 2.45) is 35.5 Å². The maximum absolute atomic E-state index is 9.52. The number of benzene rings is 1. The fourth-order valence-electron chi connectivity index (χ4n) is 9.40. The molecule has 0 aliphatic heterocycles. The van der Waals surface area contributed by atoms with Crippen LogP contribution in [0.25, 0.3) is 5.57 Å². The minimum absolute atomic E-state index is 0.231. The van der Waals surface area contributed by atoms with Gasteiger partial charge in [0.15, 0.2) is 0 Å². The predicted molar refractivity (Wildman–Crippen MR) is 184 cm³/mol. The maximum Gasteiger partial charge on any atom is 0.0991 e. The number of fused-ring (bicyclic) bond motifs is 5. The van der Waals surface area contributed by atoms with Gasteiger partial charge in [-0.05, 0) is 88.5 Å². The van der Waals surface area contributed by atoms with Gasteiger partial charge in [-0.1, -0.05) is 114 Å². The zero-order chi connectivity index (χ0) is 30.8. The zero-order valence-electron chi connectivity index (χ0n) is 25.7. The third kappa shape index (κ3) is 4.07. The molecule has 1 aromatic carbocycles. The Morgan fingerprint density at radius 1 is 0.587 bits per heavy atom. The average Bonchev–Trinajstić information content (AvgIpc) is 3.47. The Hall–Kier alpha value is -5.18. The molecule has 1 fully saturated rings. The van der Waals surface area contributed by atoms with Crippen LogP contribution in [0.3, 0.4) is 0 Å². The summed E-state index contributed by atoms with van der Waals surface area (Å²) in [6.07, 6.45) is 41.5. The Bertz CT molecular complexity index is 2070. The second-order valence-electron chi connectivity index (χ2n) is 13.6. The van der Waals surface area contributed by atoms with Gasteiger partial charge in [-0.3, -0.25) is 0 Å². The summed E-state index contributed by atoms with van der Waals surface area (Å²) in [5, 5.41) is 19.0. The summed E-state index contributed by atoms with van der Waals surface area (Å²) in [5.41, 5.74) is 15.8. The lowest BCUT2D eigenvalue weighted by Crippen LogP contribution is -2.28. The molecule has 1 aromatic rings. The Morgan fingerprint density at radius 3 is 2.15 bits per heavy atom. The third-order valence-corrected chi connectivity index (χ3v) is 11.4. The van der Waals surface area contributed by atoms with Crippen molar-refractivity contribution in [3.8, 4) is 12.1 Å². The van der Waals surface area contributed by atoms with Gasteiger partial charge in [0.05, 0.1) is 17.7 Å². The molecule has 0 N–H and O–H groups in total. The molecule has 220 valence electrons. The lowest BCUT2D eigenvalue weighted by atomic mass is 9.64. The van der Waals surface area contributed by atoms with E-state index in [9.17, 15) is 10.5 Å². The highest BCUT2D eigenvalue weighted by molar-refractivity contribution is 5.79. The summed E-state index contributed by atoms with van der Waals surface area (Å²) >= 11 is 0. The Kier molecular flexibility index (Phi) is 6.33. The van der Waals surface area contributed by atoms with E-state index < -0.39 is 0 Å². The molecule has 2 heteroatoms. The first kappa shape index (κ1) is 27.2. The molecule has 8 aliphatic rings. The van der Waals surface area contributed by atoms with Crippen LogP contribution in [0.2, 0.25) is 0 Å². The van der Waals surface area contributed by atoms with Crippen molar-refractivity contribution in [1.29, 1.82) is 10.5 Å². The largest absolute Gasteiger partial charge is 0.193 e. The molecule has 46 heavy (non-hydrogen) atoms. The number of rotatable bonds is 3. The number of allylic oxidation sites excluding steroid dienone is 26. The lowest BCUT2D eigenvalue weighted by molar-refractivity contribution is 0.537. The van der Waals surface area contributed by atoms with Gasteiger partial charge in [-0.2, -0.15) is 10.5 Å². The molecule has 0 spiro atoms. The Labute approximate surface area is 271 Å².